The molecule has 1 aromatic rings. The molecule has 1 nitrogen and oxygen atoms in total. The largest absolute Gasteiger partial charge is 0.327 e. The molecule has 0 bridgehead atoms. The summed E-state index contributed by atoms with van der Waals surface area (Å²) < 4.78 is 12.9. The molecule has 0 radical (unpaired) electrons. The summed E-state index contributed by atoms with van der Waals surface area (Å²) in [7, 11) is 0. The lowest BCUT2D eigenvalue weighted by molar-refractivity contribution is 0.598. The molecule has 70 valence electrons. The first-order chi connectivity index (χ1) is 6.18. The number of halogens is 1. The average Bonchev–Trinajstić information content (AvgIpc) is 2.46. The first kappa shape index (κ1) is 9.03. The molecule has 1 aliphatic rings. The van der Waals surface area contributed by atoms with E-state index >= 15 is 0 Å². The number of fused-ring (bicyclic) bond motifs is 1. The van der Waals surface area contributed by atoms with Gasteiger partial charge in [0.05, 0.1) is 0 Å². The van der Waals surface area contributed by atoms with E-state index in [-0.39, 0.29) is 11.9 Å². The van der Waals surface area contributed by atoms with E-state index in [2.05, 4.69) is 0 Å². The number of hydrogen-bond donors (Lipinski definition) is 1. The molecule has 0 saturated carbocycles. The molecule has 2 atom stereocenters. The van der Waals surface area contributed by atoms with Crippen molar-refractivity contribution in [2.75, 3.05) is 5.75 Å². The van der Waals surface area contributed by atoms with Crippen LogP contribution in [0.2, 0.25) is 0 Å². The lowest BCUT2D eigenvalue weighted by Crippen LogP contribution is -2.24. The van der Waals surface area contributed by atoms with E-state index in [1.165, 1.54) is 11.0 Å². The van der Waals surface area contributed by atoms with Gasteiger partial charge in [-0.2, -0.15) is 0 Å². The van der Waals surface area contributed by atoms with Gasteiger partial charge in [-0.05, 0) is 30.7 Å². The quantitative estimate of drug-likeness (QED) is 0.748. The van der Waals surface area contributed by atoms with Gasteiger partial charge < -0.3 is 5.73 Å². The van der Waals surface area contributed by atoms with Crippen LogP contribution in [-0.2, 0) is 0 Å². The average molecular weight is 197 g/mol. The van der Waals surface area contributed by atoms with Crippen LogP contribution in [0, 0.1) is 5.82 Å². The van der Waals surface area contributed by atoms with Crippen LogP contribution in [-0.4, -0.2) is 11.8 Å². The van der Waals surface area contributed by atoms with Crippen LogP contribution in [0.15, 0.2) is 23.1 Å². The first-order valence-electron chi connectivity index (χ1n) is 4.36. The molecule has 0 spiro atoms. The van der Waals surface area contributed by atoms with Crippen LogP contribution < -0.4 is 5.73 Å². The van der Waals surface area contributed by atoms with E-state index in [4.69, 9.17) is 5.73 Å². The Labute approximate surface area is 81.5 Å². The standard InChI is InChI=1S/C10H12FNS/c1-6(12)9-5-13-10-3-2-7(11)4-8(9)10/h2-4,6,9H,5,12H2,1H3. The Hall–Kier alpha value is -0.540. The van der Waals surface area contributed by atoms with Crippen molar-refractivity contribution in [2.45, 2.75) is 23.8 Å². The molecule has 0 saturated heterocycles. The predicted molar refractivity (Wildman–Crippen MR) is 53.5 cm³/mol. The van der Waals surface area contributed by atoms with E-state index in [0.29, 0.717) is 5.92 Å². The van der Waals surface area contributed by atoms with Gasteiger partial charge in [0, 0.05) is 22.6 Å². The molecule has 0 aromatic heterocycles. The third-order valence-electron chi connectivity index (χ3n) is 2.42. The molecule has 2 unspecified atom stereocenters. The van der Waals surface area contributed by atoms with Gasteiger partial charge in [0.25, 0.3) is 0 Å². The van der Waals surface area contributed by atoms with E-state index in [9.17, 15) is 4.39 Å². The molecule has 3 heteroatoms. The Bertz CT molecular complexity index is 325. The maximum absolute atomic E-state index is 12.9. The molecule has 1 aliphatic heterocycles. The van der Waals surface area contributed by atoms with Crippen molar-refractivity contribution in [3.63, 3.8) is 0 Å². The van der Waals surface area contributed by atoms with Crippen molar-refractivity contribution in [2.24, 2.45) is 5.73 Å². The second-order valence-corrected chi connectivity index (χ2v) is 4.52. The second kappa shape index (κ2) is 3.31. The highest BCUT2D eigenvalue weighted by Crippen LogP contribution is 2.40. The number of rotatable bonds is 1. The van der Waals surface area contributed by atoms with Gasteiger partial charge in [-0.3, -0.25) is 0 Å². The van der Waals surface area contributed by atoms with Crippen molar-refractivity contribution < 1.29 is 4.39 Å². The van der Waals surface area contributed by atoms with E-state index in [0.717, 1.165) is 11.3 Å². The van der Waals surface area contributed by atoms with Crippen LogP contribution in [0.3, 0.4) is 0 Å². The molecular formula is C10H12FNS. The normalized spacial score (nSPS) is 22.8. The highest BCUT2D eigenvalue weighted by Gasteiger charge is 2.26. The van der Waals surface area contributed by atoms with Gasteiger partial charge in [0.1, 0.15) is 5.82 Å². The van der Waals surface area contributed by atoms with Gasteiger partial charge in [-0.1, -0.05) is 0 Å². The molecule has 2 rings (SSSR count). The third kappa shape index (κ3) is 1.58. The Morgan fingerprint density at radius 2 is 2.38 bits per heavy atom. The summed E-state index contributed by atoms with van der Waals surface area (Å²) in [5, 5.41) is 0. The van der Waals surface area contributed by atoms with Gasteiger partial charge in [-0.25, -0.2) is 4.39 Å². The number of hydrogen-bond acceptors (Lipinski definition) is 2. The predicted octanol–water partition coefficient (Wildman–Crippen LogP) is 2.36. The Morgan fingerprint density at radius 1 is 1.62 bits per heavy atom. The zero-order valence-electron chi connectivity index (χ0n) is 7.46. The van der Waals surface area contributed by atoms with Gasteiger partial charge >= 0.3 is 0 Å². The minimum atomic E-state index is -0.160. The molecule has 2 N–H and O–H groups in total. The van der Waals surface area contributed by atoms with Gasteiger partial charge in [0.2, 0.25) is 0 Å². The summed E-state index contributed by atoms with van der Waals surface area (Å²) in [6.45, 7) is 1.98. The van der Waals surface area contributed by atoms with E-state index in [1.54, 1.807) is 17.8 Å². The molecule has 13 heavy (non-hydrogen) atoms. The second-order valence-electron chi connectivity index (χ2n) is 3.46. The topological polar surface area (TPSA) is 26.0 Å². The summed E-state index contributed by atoms with van der Waals surface area (Å²) in [4.78, 5) is 1.18. The molecule has 0 fully saturated rings. The summed E-state index contributed by atoms with van der Waals surface area (Å²) in [5.74, 6) is 1.14. The van der Waals surface area contributed by atoms with Crippen molar-refractivity contribution in [3.8, 4) is 0 Å². The van der Waals surface area contributed by atoms with E-state index < -0.39 is 0 Å². The fourth-order valence-electron chi connectivity index (χ4n) is 1.64. The fraction of sp³-hybridized carbons (Fsp3) is 0.400. The van der Waals surface area contributed by atoms with Crippen LogP contribution in [0.25, 0.3) is 0 Å². The van der Waals surface area contributed by atoms with E-state index in [1.807, 2.05) is 13.0 Å². The highest BCUT2D eigenvalue weighted by molar-refractivity contribution is 7.99. The van der Waals surface area contributed by atoms with Crippen molar-refractivity contribution in [3.05, 3.63) is 29.6 Å². The Morgan fingerprint density at radius 3 is 3.08 bits per heavy atom. The summed E-state index contributed by atoms with van der Waals surface area (Å²) in [6, 6.07) is 5.08. The van der Waals surface area contributed by atoms with Gasteiger partial charge in [-0.15, -0.1) is 11.8 Å². The van der Waals surface area contributed by atoms with Gasteiger partial charge in [0.15, 0.2) is 0 Å². The summed E-state index contributed by atoms with van der Waals surface area (Å²) in [5.41, 5.74) is 6.91. The minimum Gasteiger partial charge on any atom is -0.327 e. The molecule has 1 aromatic carbocycles. The number of nitrogens with two attached hydrogens (primary N) is 1. The lowest BCUT2D eigenvalue weighted by atomic mass is 9.95. The maximum atomic E-state index is 12.9. The lowest BCUT2D eigenvalue weighted by Gasteiger charge is -2.14. The minimum absolute atomic E-state index is 0.107. The summed E-state index contributed by atoms with van der Waals surface area (Å²) in [6.07, 6.45) is 0. The Kier molecular flexibility index (Phi) is 2.30. The van der Waals surface area contributed by atoms with Crippen LogP contribution in [0.5, 0.6) is 0 Å². The smallest absolute Gasteiger partial charge is 0.123 e. The zero-order chi connectivity index (χ0) is 9.42. The number of thioether (sulfide) groups is 1. The van der Waals surface area contributed by atoms with Crippen LogP contribution in [0.1, 0.15) is 18.4 Å². The molecule has 0 amide bonds. The summed E-state index contributed by atoms with van der Waals surface area (Å²) >= 11 is 1.77. The SMILES string of the molecule is CC(N)C1CSc2ccc(F)cc21. The van der Waals surface area contributed by atoms with Crippen LogP contribution in [0.4, 0.5) is 4.39 Å². The monoisotopic (exact) mass is 197 g/mol. The molecule has 1 heterocycles. The maximum Gasteiger partial charge on any atom is 0.123 e. The van der Waals surface area contributed by atoms with Crippen LogP contribution >= 0.6 is 11.8 Å². The Balaban J connectivity index is 2.40. The van der Waals surface area contributed by atoms with Crippen molar-refractivity contribution >= 4 is 11.8 Å². The molecule has 0 aliphatic carbocycles. The zero-order valence-corrected chi connectivity index (χ0v) is 8.27. The van der Waals surface area contributed by atoms with Crippen molar-refractivity contribution in [1.82, 2.24) is 0 Å². The fourth-order valence-corrected chi connectivity index (χ4v) is 3.03. The molecular weight excluding hydrogens is 185 g/mol. The first-order valence-corrected chi connectivity index (χ1v) is 5.35. The highest BCUT2D eigenvalue weighted by atomic mass is 32.2. The number of benzene rings is 1. The third-order valence-corrected chi connectivity index (χ3v) is 3.63. The van der Waals surface area contributed by atoms with Crippen molar-refractivity contribution in [1.29, 1.82) is 0 Å².